The fourth-order valence-corrected chi connectivity index (χ4v) is 3.41. The van der Waals surface area contributed by atoms with Gasteiger partial charge in [0.25, 0.3) is 0 Å². The molecule has 0 atom stereocenters. The van der Waals surface area contributed by atoms with E-state index in [-0.39, 0.29) is 11.8 Å². The van der Waals surface area contributed by atoms with Gasteiger partial charge in [-0.25, -0.2) is 19.4 Å². The number of halogens is 3. The van der Waals surface area contributed by atoms with Crippen molar-refractivity contribution < 1.29 is 22.7 Å². The molecule has 2 N–H and O–H groups in total. The van der Waals surface area contributed by atoms with Crippen LogP contribution in [0.3, 0.4) is 0 Å². The Bertz CT molecular complexity index is 1190. The summed E-state index contributed by atoms with van der Waals surface area (Å²) in [7, 11) is 0. The van der Waals surface area contributed by atoms with E-state index in [1.165, 1.54) is 46.6 Å². The van der Waals surface area contributed by atoms with Crippen LogP contribution < -0.4 is 15.4 Å². The summed E-state index contributed by atoms with van der Waals surface area (Å²) in [4.78, 5) is 20.1. The van der Waals surface area contributed by atoms with Crippen molar-refractivity contribution in [1.82, 2.24) is 25.1 Å². The van der Waals surface area contributed by atoms with Gasteiger partial charge in [0.15, 0.2) is 11.0 Å². The van der Waals surface area contributed by atoms with Gasteiger partial charge in [-0.05, 0) is 36.2 Å². The summed E-state index contributed by atoms with van der Waals surface area (Å²) >= 11 is 1.34. The van der Waals surface area contributed by atoms with Crippen LogP contribution in [-0.2, 0) is 6.42 Å². The lowest BCUT2D eigenvalue weighted by Crippen LogP contribution is -2.30. The second-order valence-corrected chi connectivity index (χ2v) is 7.61. The van der Waals surface area contributed by atoms with Gasteiger partial charge in [-0.1, -0.05) is 24.3 Å². The zero-order valence-electron chi connectivity index (χ0n) is 16.9. The molecule has 0 saturated carbocycles. The second kappa shape index (κ2) is 9.69. The molecule has 0 radical (unpaired) electrons. The van der Waals surface area contributed by atoms with Crippen molar-refractivity contribution in [2.75, 3.05) is 11.9 Å². The molecule has 2 heterocycles. The number of carbonyl (C=O) groups is 1. The van der Waals surface area contributed by atoms with Crippen LogP contribution in [-0.4, -0.2) is 38.7 Å². The summed E-state index contributed by atoms with van der Waals surface area (Å²) < 4.78 is 42.2. The first-order chi connectivity index (χ1) is 15.9. The number of hydrogen-bond acceptors (Lipinski definition) is 6. The quantitative estimate of drug-likeness (QED) is 0.407. The maximum atomic E-state index is 12.3. The van der Waals surface area contributed by atoms with Gasteiger partial charge in [-0.15, -0.1) is 29.6 Å². The third kappa shape index (κ3) is 6.29. The average molecular weight is 474 g/mol. The number of carbonyl (C=O) groups excluding carboxylic acids is 1. The number of aromatic nitrogens is 4. The molecule has 0 fully saturated rings. The van der Waals surface area contributed by atoms with Crippen molar-refractivity contribution in [3.63, 3.8) is 0 Å². The molecular weight excluding hydrogens is 457 g/mol. The van der Waals surface area contributed by atoms with Gasteiger partial charge in [-0.2, -0.15) is 0 Å². The second-order valence-electron chi connectivity index (χ2n) is 6.72. The standard InChI is InChI=1S/C21H17F3N6O2S/c22-21(23,24)32-17-7-5-16(6-8-17)30-13-27-18(29-30)15-3-1-14(2-4-15)9-10-25-19(31)28-20-26-11-12-33-20/h1-8,11-13H,9-10H2,(H2,25,26,28,31). The number of urea groups is 1. The predicted octanol–water partition coefficient (Wildman–Crippen LogP) is 4.65. The molecule has 4 rings (SSSR count). The Morgan fingerprint density at radius 3 is 2.48 bits per heavy atom. The van der Waals surface area contributed by atoms with Crippen LogP contribution in [0.4, 0.5) is 23.1 Å². The predicted molar refractivity (Wildman–Crippen MR) is 116 cm³/mol. The molecular formula is C21H17F3N6O2S. The van der Waals surface area contributed by atoms with Gasteiger partial charge in [0.2, 0.25) is 0 Å². The van der Waals surface area contributed by atoms with Gasteiger partial charge in [-0.3, -0.25) is 5.32 Å². The minimum atomic E-state index is -4.74. The molecule has 4 aromatic rings. The van der Waals surface area contributed by atoms with E-state index in [2.05, 4.69) is 30.4 Å². The maximum Gasteiger partial charge on any atom is 0.573 e. The lowest BCUT2D eigenvalue weighted by Gasteiger charge is -2.09. The summed E-state index contributed by atoms with van der Waals surface area (Å²) in [5, 5.41) is 12.1. The molecule has 0 aliphatic carbocycles. The highest BCUT2D eigenvalue weighted by molar-refractivity contribution is 7.13. The minimum absolute atomic E-state index is 0.308. The summed E-state index contributed by atoms with van der Waals surface area (Å²) in [6.07, 6.45) is -1.01. The van der Waals surface area contributed by atoms with Gasteiger partial charge in [0, 0.05) is 23.7 Å². The fraction of sp³-hybridized carbons (Fsp3) is 0.143. The molecule has 2 aromatic carbocycles. The lowest BCUT2D eigenvalue weighted by molar-refractivity contribution is -0.274. The third-order valence-corrected chi connectivity index (χ3v) is 5.08. The molecule has 0 aliphatic rings. The number of benzene rings is 2. The maximum absolute atomic E-state index is 12.3. The topological polar surface area (TPSA) is 94.0 Å². The monoisotopic (exact) mass is 474 g/mol. The number of rotatable bonds is 7. The highest BCUT2D eigenvalue weighted by Crippen LogP contribution is 2.24. The van der Waals surface area contributed by atoms with Crippen LogP contribution in [0.2, 0.25) is 0 Å². The number of amides is 2. The fourth-order valence-electron chi connectivity index (χ4n) is 2.89. The van der Waals surface area contributed by atoms with Crippen LogP contribution in [0.15, 0.2) is 66.4 Å². The smallest absolute Gasteiger partial charge is 0.406 e. The SMILES string of the molecule is O=C(NCCc1ccc(-c2ncn(-c3ccc(OC(F)(F)F)cc3)n2)cc1)Nc1nccs1. The van der Waals surface area contributed by atoms with Crippen LogP contribution in [0.5, 0.6) is 5.75 Å². The highest BCUT2D eigenvalue weighted by Gasteiger charge is 2.31. The van der Waals surface area contributed by atoms with E-state index in [0.29, 0.717) is 29.6 Å². The number of anilines is 1. The normalized spacial score (nSPS) is 11.2. The summed E-state index contributed by atoms with van der Waals surface area (Å²) in [6.45, 7) is 0.456. The van der Waals surface area contributed by atoms with E-state index in [1.54, 1.807) is 11.6 Å². The van der Waals surface area contributed by atoms with Crippen LogP contribution in [0.1, 0.15) is 5.56 Å². The van der Waals surface area contributed by atoms with Crippen molar-refractivity contribution in [2.24, 2.45) is 0 Å². The highest BCUT2D eigenvalue weighted by atomic mass is 32.1. The minimum Gasteiger partial charge on any atom is -0.406 e. The van der Waals surface area contributed by atoms with Gasteiger partial charge in [0.05, 0.1) is 5.69 Å². The molecule has 0 saturated heterocycles. The third-order valence-electron chi connectivity index (χ3n) is 4.39. The summed E-state index contributed by atoms with van der Waals surface area (Å²) in [6, 6.07) is 12.6. The molecule has 0 aliphatic heterocycles. The van der Waals surface area contributed by atoms with Crippen LogP contribution in [0, 0.1) is 0 Å². The van der Waals surface area contributed by atoms with Crippen molar-refractivity contribution in [2.45, 2.75) is 12.8 Å². The molecule has 2 amide bonds. The average Bonchev–Trinajstić information content (AvgIpc) is 3.46. The number of nitrogens with zero attached hydrogens (tertiary/aromatic N) is 4. The Kier molecular flexibility index (Phi) is 6.54. The van der Waals surface area contributed by atoms with Crippen molar-refractivity contribution in [3.05, 3.63) is 72.0 Å². The van der Waals surface area contributed by atoms with E-state index >= 15 is 0 Å². The van der Waals surface area contributed by atoms with Gasteiger partial charge >= 0.3 is 12.4 Å². The molecule has 170 valence electrons. The zero-order valence-corrected chi connectivity index (χ0v) is 17.7. The number of ether oxygens (including phenoxy) is 1. The van der Waals surface area contributed by atoms with Gasteiger partial charge < -0.3 is 10.1 Å². The molecule has 0 bridgehead atoms. The largest absolute Gasteiger partial charge is 0.573 e. The molecule has 33 heavy (non-hydrogen) atoms. The molecule has 8 nitrogen and oxygen atoms in total. The Balaban J connectivity index is 1.31. The van der Waals surface area contributed by atoms with E-state index in [1.807, 2.05) is 24.3 Å². The summed E-state index contributed by atoms with van der Waals surface area (Å²) in [5.41, 5.74) is 2.35. The van der Waals surface area contributed by atoms with Crippen LogP contribution >= 0.6 is 11.3 Å². The van der Waals surface area contributed by atoms with Crippen molar-refractivity contribution in [3.8, 4) is 22.8 Å². The first-order valence-electron chi connectivity index (χ1n) is 9.67. The van der Waals surface area contributed by atoms with E-state index < -0.39 is 6.36 Å². The lowest BCUT2D eigenvalue weighted by atomic mass is 10.1. The van der Waals surface area contributed by atoms with E-state index in [9.17, 15) is 18.0 Å². The first-order valence-corrected chi connectivity index (χ1v) is 10.6. The van der Waals surface area contributed by atoms with Crippen LogP contribution in [0.25, 0.3) is 17.1 Å². The van der Waals surface area contributed by atoms with E-state index in [0.717, 1.165) is 11.1 Å². The van der Waals surface area contributed by atoms with Crippen molar-refractivity contribution in [1.29, 1.82) is 0 Å². The first kappa shape index (κ1) is 22.3. The summed E-state index contributed by atoms with van der Waals surface area (Å²) in [5.74, 6) is 0.162. The number of thiazole rings is 1. The Morgan fingerprint density at radius 2 is 1.82 bits per heavy atom. The Morgan fingerprint density at radius 1 is 1.06 bits per heavy atom. The Labute approximate surface area is 190 Å². The zero-order chi connectivity index (χ0) is 23.3. The number of nitrogens with one attached hydrogen (secondary N) is 2. The molecule has 12 heteroatoms. The number of hydrogen-bond donors (Lipinski definition) is 2. The van der Waals surface area contributed by atoms with E-state index in [4.69, 9.17) is 0 Å². The molecule has 0 unspecified atom stereocenters. The molecule has 0 spiro atoms. The molecule has 2 aromatic heterocycles. The van der Waals surface area contributed by atoms with Crippen molar-refractivity contribution >= 4 is 22.5 Å². The number of alkyl halides is 3. The van der Waals surface area contributed by atoms with Gasteiger partial charge in [0.1, 0.15) is 12.1 Å². The Hall–Kier alpha value is -3.93.